The van der Waals surface area contributed by atoms with Crippen molar-refractivity contribution in [3.05, 3.63) is 65.2 Å². The topological polar surface area (TPSA) is 38.0 Å². The number of quaternary nitrogens is 2. The Kier molecular flexibility index (Phi) is 6.08. The van der Waals surface area contributed by atoms with Crippen LogP contribution in [-0.4, -0.2) is 38.1 Å². The van der Waals surface area contributed by atoms with Crippen LogP contribution < -0.4 is 15.1 Å². The minimum Gasteiger partial charge on any atom is -0.322 e. The third-order valence-electron chi connectivity index (χ3n) is 5.01. The van der Waals surface area contributed by atoms with E-state index in [1.165, 1.54) is 10.5 Å². The van der Waals surface area contributed by atoms with Crippen LogP contribution in [0.5, 0.6) is 0 Å². The highest BCUT2D eigenvalue weighted by Gasteiger charge is 2.31. The van der Waals surface area contributed by atoms with E-state index in [0.29, 0.717) is 5.02 Å². The molecule has 0 unspecified atom stereocenters. The molecule has 0 aromatic heterocycles. The van der Waals surface area contributed by atoms with Gasteiger partial charge in [-0.3, -0.25) is 4.79 Å². The van der Waals surface area contributed by atoms with Gasteiger partial charge in [0, 0.05) is 16.3 Å². The maximum Gasteiger partial charge on any atom is 0.282 e. The Bertz CT molecular complexity index is 682. The number of hydrogen-bond acceptors (Lipinski definition) is 1. The molecular weight excluding hydrogens is 334 g/mol. The van der Waals surface area contributed by atoms with Gasteiger partial charge in [0.15, 0.2) is 6.04 Å². The summed E-state index contributed by atoms with van der Waals surface area (Å²) in [7, 11) is 0. The molecule has 1 saturated heterocycles. The predicted octanol–water partition coefficient (Wildman–Crippen LogP) is 0.651. The zero-order valence-electron chi connectivity index (χ0n) is 14.6. The van der Waals surface area contributed by atoms with E-state index in [-0.39, 0.29) is 11.9 Å². The Balaban J connectivity index is 1.48. The van der Waals surface area contributed by atoms with E-state index >= 15 is 0 Å². The van der Waals surface area contributed by atoms with Gasteiger partial charge in [-0.1, -0.05) is 41.9 Å². The highest BCUT2D eigenvalue weighted by Crippen LogP contribution is 2.13. The number of benzene rings is 2. The van der Waals surface area contributed by atoms with Crippen molar-refractivity contribution in [3.8, 4) is 0 Å². The highest BCUT2D eigenvalue weighted by atomic mass is 35.5. The van der Waals surface area contributed by atoms with Crippen molar-refractivity contribution in [2.75, 3.05) is 31.5 Å². The van der Waals surface area contributed by atoms with E-state index in [9.17, 15) is 4.79 Å². The van der Waals surface area contributed by atoms with Gasteiger partial charge in [0.05, 0.1) is 0 Å². The fraction of sp³-hybridized carbons (Fsp3) is 0.350. The molecule has 1 heterocycles. The van der Waals surface area contributed by atoms with Gasteiger partial charge >= 0.3 is 0 Å². The van der Waals surface area contributed by atoms with Gasteiger partial charge in [-0.15, -0.1) is 0 Å². The summed E-state index contributed by atoms with van der Waals surface area (Å²) < 4.78 is 0. The van der Waals surface area contributed by atoms with Crippen LogP contribution in [0.4, 0.5) is 5.69 Å². The third-order valence-corrected chi connectivity index (χ3v) is 5.27. The number of amides is 1. The molecule has 1 amide bonds. The van der Waals surface area contributed by atoms with Crippen LogP contribution in [0.1, 0.15) is 12.5 Å². The van der Waals surface area contributed by atoms with Crippen molar-refractivity contribution in [1.29, 1.82) is 0 Å². The first kappa shape index (κ1) is 17.9. The Morgan fingerprint density at radius 2 is 1.68 bits per heavy atom. The van der Waals surface area contributed by atoms with E-state index in [1.807, 2.05) is 19.1 Å². The minimum atomic E-state index is -0.0473. The summed E-state index contributed by atoms with van der Waals surface area (Å²) in [5.41, 5.74) is 2.18. The number of piperazine rings is 1. The Morgan fingerprint density at radius 1 is 1.04 bits per heavy atom. The van der Waals surface area contributed by atoms with Crippen molar-refractivity contribution in [2.45, 2.75) is 19.5 Å². The van der Waals surface area contributed by atoms with E-state index in [4.69, 9.17) is 11.6 Å². The van der Waals surface area contributed by atoms with E-state index in [0.717, 1.165) is 38.4 Å². The summed E-state index contributed by atoms with van der Waals surface area (Å²) in [5.74, 6) is 0.0730. The highest BCUT2D eigenvalue weighted by molar-refractivity contribution is 6.30. The predicted molar refractivity (Wildman–Crippen MR) is 101 cm³/mol. The molecule has 1 aliphatic heterocycles. The first-order chi connectivity index (χ1) is 12.1. The van der Waals surface area contributed by atoms with Gasteiger partial charge in [0.2, 0.25) is 0 Å². The lowest BCUT2D eigenvalue weighted by Crippen LogP contribution is -3.29. The van der Waals surface area contributed by atoms with Crippen LogP contribution in [0.25, 0.3) is 0 Å². The van der Waals surface area contributed by atoms with Crippen molar-refractivity contribution >= 4 is 23.2 Å². The normalized spacial score (nSPS) is 21.5. The Labute approximate surface area is 154 Å². The lowest BCUT2D eigenvalue weighted by atomic mass is 10.1. The molecule has 0 saturated carbocycles. The lowest BCUT2D eigenvalue weighted by molar-refractivity contribution is -1.02. The van der Waals surface area contributed by atoms with Crippen LogP contribution in [0.3, 0.4) is 0 Å². The Morgan fingerprint density at radius 3 is 2.32 bits per heavy atom. The van der Waals surface area contributed by atoms with Gasteiger partial charge in [-0.25, -0.2) is 0 Å². The smallest absolute Gasteiger partial charge is 0.282 e. The largest absolute Gasteiger partial charge is 0.322 e. The molecule has 0 bridgehead atoms. The van der Waals surface area contributed by atoms with Gasteiger partial charge in [-0.2, -0.15) is 0 Å². The average molecular weight is 360 g/mol. The molecule has 0 radical (unpaired) electrons. The molecule has 0 spiro atoms. The quantitative estimate of drug-likeness (QED) is 0.720. The number of halogens is 1. The molecule has 1 aliphatic rings. The molecule has 5 heteroatoms. The second-order valence-electron chi connectivity index (χ2n) is 6.79. The van der Waals surface area contributed by atoms with Crippen molar-refractivity contribution in [1.82, 2.24) is 0 Å². The fourth-order valence-corrected chi connectivity index (χ4v) is 3.51. The molecular formula is C20H26ClN3O+2. The molecule has 2 aromatic carbocycles. The maximum atomic E-state index is 12.5. The van der Waals surface area contributed by atoms with Crippen LogP contribution >= 0.6 is 11.6 Å². The molecule has 1 atom stereocenters. The molecule has 3 N–H and O–H groups in total. The number of nitrogens with one attached hydrogen (secondary N) is 3. The van der Waals surface area contributed by atoms with Crippen molar-refractivity contribution < 1.29 is 14.6 Å². The van der Waals surface area contributed by atoms with Gasteiger partial charge in [-0.05, 0) is 31.2 Å². The first-order valence-electron chi connectivity index (χ1n) is 8.90. The van der Waals surface area contributed by atoms with Gasteiger partial charge < -0.3 is 15.1 Å². The SMILES string of the molecule is C[C@H](C(=O)Nc1ccc(Cl)cc1)[NH+]1CC[NH+](Cc2ccccc2)CC1. The number of rotatable bonds is 5. The number of carbonyl (C=O) groups is 1. The molecule has 1 fully saturated rings. The van der Waals surface area contributed by atoms with E-state index in [2.05, 4.69) is 35.6 Å². The second kappa shape index (κ2) is 8.48. The van der Waals surface area contributed by atoms with Crippen molar-refractivity contribution in [3.63, 3.8) is 0 Å². The molecule has 2 aromatic rings. The van der Waals surface area contributed by atoms with E-state index < -0.39 is 0 Å². The number of anilines is 1. The fourth-order valence-electron chi connectivity index (χ4n) is 3.39. The summed E-state index contributed by atoms with van der Waals surface area (Å²) >= 11 is 5.89. The third kappa shape index (κ3) is 5.05. The zero-order chi connectivity index (χ0) is 17.6. The van der Waals surface area contributed by atoms with Gasteiger partial charge in [0.1, 0.15) is 32.7 Å². The second-order valence-corrected chi connectivity index (χ2v) is 7.22. The summed E-state index contributed by atoms with van der Waals surface area (Å²) in [6, 6.07) is 17.8. The summed E-state index contributed by atoms with van der Waals surface area (Å²) in [4.78, 5) is 15.5. The number of carbonyl (C=O) groups excluding carboxylic acids is 1. The van der Waals surface area contributed by atoms with Crippen LogP contribution in [0.2, 0.25) is 5.02 Å². The van der Waals surface area contributed by atoms with E-state index in [1.54, 1.807) is 17.0 Å². The summed E-state index contributed by atoms with van der Waals surface area (Å²) in [5, 5.41) is 3.67. The number of hydrogen-bond donors (Lipinski definition) is 3. The molecule has 3 rings (SSSR count). The lowest BCUT2D eigenvalue weighted by Gasteiger charge is -2.32. The minimum absolute atomic E-state index is 0.0473. The summed E-state index contributed by atoms with van der Waals surface area (Å²) in [6.07, 6.45) is 0. The van der Waals surface area contributed by atoms with Crippen LogP contribution in [-0.2, 0) is 11.3 Å². The molecule has 132 valence electrons. The van der Waals surface area contributed by atoms with Crippen LogP contribution in [0.15, 0.2) is 54.6 Å². The Hall–Kier alpha value is -1.88. The average Bonchev–Trinajstić information content (AvgIpc) is 2.64. The standard InChI is InChI=1S/C20H24ClN3O/c1-16(20(25)22-19-9-7-18(21)8-10-19)24-13-11-23(12-14-24)15-17-5-3-2-4-6-17/h2-10,16H,11-15H2,1H3,(H,22,25)/p+2/t16-/m1/s1. The first-order valence-corrected chi connectivity index (χ1v) is 9.28. The van der Waals surface area contributed by atoms with Crippen LogP contribution in [0, 0.1) is 0 Å². The monoisotopic (exact) mass is 359 g/mol. The molecule has 4 nitrogen and oxygen atoms in total. The summed E-state index contributed by atoms with van der Waals surface area (Å²) in [6.45, 7) is 7.34. The molecule has 0 aliphatic carbocycles. The van der Waals surface area contributed by atoms with Crippen molar-refractivity contribution in [2.24, 2.45) is 0 Å². The van der Waals surface area contributed by atoms with Gasteiger partial charge in [0.25, 0.3) is 5.91 Å². The molecule has 25 heavy (non-hydrogen) atoms. The zero-order valence-corrected chi connectivity index (χ0v) is 15.4. The maximum absolute atomic E-state index is 12.5.